The summed E-state index contributed by atoms with van der Waals surface area (Å²) in [4.78, 5) is 0. The van der Waals surface area contributed by atoms with E-state index in [4.69, 9.17) is 24.4 Å². The first kappa shape index (κ1) is 17.9. The van der Waals surface area contributed by atoms with Crippen LogP contribution in [0, 0.1) is 0 Å². The number of hydrogen-bond acceptors (Lipinski definition) is 10. The maximum Gasteiger partial charge on any atom is 0.197 e. The summed E-state index contributed by atoms with van der Waals surface area (Å²) in [5.41, 5.74) is 0. The van der Waals surface area contributed by atoms with Gasteiger partial charge in [0.25, 0.3) is 0 Å². The van der Waals surface area contributed by atoms with Crippen molar-refractivity contribution in [2.24, 2.45) is 0 Å². The minimum absolute atomic E-state index is 0.191. The molecule has 0 aromatic rings. The molecule has 22 heavy (non-hydrogen) atoms. The van der Waals surface area contributed by atoms with Crippen molar-refractivity contribution in [3.8, 4) is 0 Å². The average Bonchev–Trinajstić information content (AvgIpc) is 2.84. The van der Waals surface area contributed by atoms with Crippen LogP contribution in [0.5, 0.6) is 0 Å². The summed E-state index contributed by atoms with van der Waals surface area (Å²) in [6, 6.07) is 0. The number of aliphatic hydroxyl groups excluding tert-OH is 7. The van der Waals surface area contributed by atoms with Gasteiger partial charge in [0, 0.05) is 6.42 Å². The number of rotatable bonds is 5. The van der Waals surface area contributed by atoms with Gasteiger partial charge in [-0.2, -0.15) is 0 Å². The molecular weight excluding hydrogens is 304 g/mol. The van der Waals surface area contributed by atoms with Crippen LogP contribution in [0.25, 0.3) is 0 Å². The maximum atomic E-state index is 9.89. The zero-order valence-electron chi connectivity index (χ0n) is 11.7. The second kappa shape index (κ2) is 7.01. The van der Waals surface area contributed by atoms with Crippen molar-refractivity contribution in [1.29, 1.82) is 0 Å². The van der Waals surface area contributed by atoms with Crippen molar-refractivity contribution in [2.45, 2.75) is 55.1 Å². The van der Waals surface area contributed by atoms with Gasteiger partial charge in [-0.3, -0.25) is 0 Å². The fraction of sp³-hybridized carbons (Fsp3) is 1.00. The lowest BCUT2D eigenvalue weighted by molar-refractivity contribution is -0.371. The van der Waals surface area contributed by atoms with Gasteiger partial charge in [0.1, 0.15) is 30.5 Å². The molecule has 7 N–H and O–H groups in total. The lowest BCUT2D eigenvalue weighted by Gasteiger charge is -2.42. The van der Waals surface area contributed by atoms with Crippen LogP contribution in [-0.2, 0) is 14.2 Å². The van der Waals surface area contributed by atoms with Gasteiger partial charge < -0.3 is 50.0 Å². The van der Waals surface area contributed by atoms with Gasteiger partial charge >= 0.3 is 0 Å². The predicted octanol–water partition coefficient (Wildman–Crippen LogP) is -4.37. The second-order valence-corrected chi connectivity index (χ2v) is 5.49. The van der Waals surface area contributed by atoms with Crippen LogP contribution in [-0.4, -0.2) is 104 Å². The molecule has 0 spiro atoms. The Labute approximate surface area is 126 Å². The monoisotopic (exact) mass is 326 g/mol. The molecule has 10 nitrogen and oxygen atoms in total. The topological polar surface area (TPSA) is 169 Å². The van der Waals surface area contributed by atoms with Crippen LogP contribution in [0.4, 0.5) is 0 Å². The van der Waals surface area contributed by atoms with E-state index in [1.165, 1.54) is 0 Å². The summed E-state index contributed by atoms with van der Waals surface area (Å²) >= 11 is 0. The Balaban J connectivity index is 2.10. The zero-order chi connectivity index (χ0) is 16.5. The quantitative estimate of drug-likeness (QED) is 0.262. The van der Waals surface area contributed by atoms with E-state index < -0.39 is 68.5 Å². The van der Waals surface area contributed by atoms with Crippen molar-refractivity contribution < 1.29 is 50.0 Å². The first-order chi connectivity index (χ1) is 10.4. The lowest BCUT2D eigenvalue weighted by Crippen LogP contribution is -2.61. The van der Waals surface area contributed by atoms with Crippen LogP contribution in [0.3, 0.4) is 0 Å². The van der Waals surface area contributed by atoms with E-state index >= 15 is 0 Å². The Hall–Kier alpha value is -0.400. The largest absolute Gasteiger partial charge is 0.394 e. The fourth-order valence-electron chi connectivity index (χ4n) is 2.60. The average molecular weight is 326 g/mol. The predicted molar refractivity (Wildman–Crippen MR) is 67.3 cm³/mol. The molecule has 0 aliphatic carbocycles. The minimum Gasteiger partial charge on any atom is -0.394 e. The van der Waals surface area contributed by atoms with Gasteiger partial charge in [-0.15, -0.1) is 0 Å². The SMILES string of the molecule is OCC1O[C@H](O[C@@]2(CO)CC(O)[C@@H](CO)O2)C(O)[C@@H](O)[C@@H]1O. The van der Waals surface area contributed by atoms with E-state index in [-0.39, 0.29) is 6.42 Å². The summed E-state index contributed by atoms with van der Waals surface area (Å²) in [5.74, 6) is -1.74. The summed E-state index contributed by atoms with van der Waals surface area (Å²) in [6.45, 7) is -1.82. The highest BCUT2D eigenvalue weighted by molar-refractivity contribution is 4.92. The molecule has 0 aromatic carbocycles. The van der Waals surface area contributed by atoms with Crippen molar-refractivity contribution >= 4 is 0 Å². The molecule has 0 amide bonds. The highest BCUT2D eigenvalue weighted by Gasteiger charge is 2.52. The molecule has 10 heteroatoms. The van der Waals surface area contributed by atoms with E-state index in [0.29, 0.717) is 0 Å². The van der Waals surface area contributed by atoms with Crippen molar-refractivity contribution in [1.82, 2.24) is 0 Å². The van der Waals surface area contributed by atoms with Crippen LogP contribution in [0.2, 0.25) is 0 Å². The molecule has 130 valence electrons. The Morgan fingerprint density at radius 1 is 0.909 bits per heavy atom. The standard InChI is InChI=1S/C12H22O10/c13-2-6-5(16)1-12(4-15,21-6)22-11-10(19)9(18)8(17)7(3-14)20-11/h5-11,13-19H,1-4H2/t5?,6-,7?,8-,9+,10?,11-,12-/m1/s1. The molecule has 2 aliphatic rings. The van der Waals surface area contributed by atoms with E-state index in [1.807, 2.05) is 0 Å². The third kappa shape index (κ3) is 3.26. The first-order valence-corrected chi connectivity index (χ1v) is 6.93. The van der Waals surface area contributed by atoms with Gasteiger partial charge in [0.05, 0.1) is 25.9 Å². The van der Waals surface area contributed by atoms with E-state index in [9.17, 15) is 25.5 Å². The molecule has 2 aliphatic heterocycles. The number of ether oxygens (including phenoxy) is 3. The molecule has 2 heterocycles. The van der Waals surface area contributed by atoms with Crippen molar-refractivity contribution in [3.63, 3.8) is 0 Å². The third-order valence-corrected chi connectivity index (χ3v) is 3.92. The molecule has 2 saturated heterocycles. The Bertz CT molecular complexity index is 366. The van der Waals surface area contributed by atoms with Gasteiger partial charge in [-0.1, -0.05) is 0 Å². The summed E-state index contributed by atoms with van der Waals surface area (Å²) < 4.78 is 15.8. The molecule has 2 rings (SSSR count). The molecule has 8 atom stereocenters. The highest BCUT2D eigenvalue weighted by atomic mass is 16.8. The molecule has 0 bridgehead atoms. The van der Waals surface area contributed by atoms with Crippen LogP contribution in [0.15, 0.2) is 0 Å². The normalized spacial score (nSPS) is 49.5. The molecule has 0 saturated carbocycles. The van der Waals surface area contributed by atoms with Gasteiger partial charge in [-0.05, 0) is 0 Å². The molecule has 0 aromatic heterocycles. The maximum absolute atomic E-state index is 9.89. The van der Waals surface area contributed by atoms with E-state index in [1.54, 1.807) is 0 Å². The Morgan fingerprint density at radius 3 is 2.05 bits per heavy atom. The molecule has 2 fully saturated rings. The van der Waals surface area contributed by atoms with Gasteiger partial charge in [0.2, 0.25) is 0 Å². The molecule has 3 unspecified atom stereocenters. The fourth-order valence-corrected chi connectivity index (χ4v) is 2.60. The van der Waals surface area contributed by atoms with Crippen LogP contribution >= 0.6 is 0 Å². The number of hydrogen-bond donors (Lipinski definition) is 7. The van der Waals surface area contributed by atoms with Crippen LogP contribution in [0.1, 0.15) is 6.42 Å². The number of aliphatic hydroxyl groups is 7. The molecular formula is C12H22O10. The van der Waals surface area contributed by atoms with E-state index in [0.717, 1.165) is 0 Å². The van der Waals surface area contributed by atoms with Crippen LogP contribution < -0.4 is 0 Å². The third-order valence-electron chi connectivity index (χ3n) is 3.92. The van der Waals surface area contributed by atoms with E-state index in [2.05, 4.69) is 0 Å². The minimum atomic E-state index is -1.74. The van der Waals surface area contributed by atoms with Crippen molar-refractivity contribution in [2.75, 3.05) is 19.8 Å². The smallest absolute Gasteiger partial charge is 0.197 e. The van der Waals surface area contributed by atoms with Crippen molar-refractivity contribution in [3.05, 3.63) is 0 Å². The summed E-state index contributed by atoms with van der Waals surface area (Å²) in [6.07, 6.45) is -9.76. The van der Waals surface area contributed by atoms with Gasteiger partial charge in [-0.25, -0.2) is 0 Å². The summed E-state index contributed by atoms with van der Waals surface area (Å²) in [5, 5.41) is 66.6. The lowest BCUT2D eigenvalue weighted by atomic mass is 9.99. The summed E-state index contributed by atoms with van der Waals surface area (Å²) in [7, 11) is 0. The Kier molecular flexibility index (Phi) is 5.72. The highest BCUT2D eigenvalue weighted by Crippen LogP contribution is 2.35. The molecule has 0 radical (unpaired) electrons. The zero-order valence-corrected chi connectivity index (χ0v) is 11.7. The van der Waals surface area contributed by atoms with Gasteiger partial charge in [0.15, 0.2) is 12.1 Å². The second-order valence-electron chi connectivity index (χ2n) is 5.49. The Morgan fingerprint density at radius 2 is 1.55 bits per heavy atom. The first-order valence-electron chi connectivity index (χ1n) is 6.93.